The number of aromatic nitrogens is 1. The number of pyridine rings is 1. The molecule has 0 bridgehead atoms. The largest absolute Gasteiger partial charge is 0.465 e. The summed E-state index contributed by atoms with van der Waals surface area (Å²) in [5.74, 6) is -0.934. The van der Waals surface area contributed by atoms with Gasteiger partial charge in [0.25, 0.3) is 11.8 Å². The van der Waals surface area contributed by atoms with Crippen LogP contribution in [0.3, 0.4) is 0 Å². The number of hydrogen-bond acceptors (Lipinski definition) is 5. The second-order valence-corrected chi connectivity index (χ2v) is 6.66. The molecule has 146 valence electrons. The number of amides is 2. The molecule has 3 rings (SSSR count). The SMILES string of the molecule is COC(=O)c1ccc(NC(=O)c2cc(C(=O)N3CCCCCC3)ccn2)cc1. The van der Waals surface area contributed by atoms with Crippen LogP contribution in [0, 0.1) is 0 Å². The first-order valence-electron chi connectivity index (χ1n) is 9.33. The summed E-state index contributed by atoms with van der Waals surface area (Å²) in [5.41, 5.74) is 1.54. The van der Waals surface area contributed by atoms with E-state index in [1.165, 1.54) is 19.4 Å². The summed E-state index contributed by atoms with van der Waals surface area (Å²) in [7, 11) is 1.31. The van der Waals surface area contributed by atoms with Gasteiger partial charge in [-0.2, -0.15) is 0 Å². The van der Waals surface area contributed by atoms with Gasteiger partial charge >= 0.3 is 5.97 Å². The van der Waals surface area contributed by atoms with Gasteiger partial charge in [-0.05, 0) is 49.2 Å². The molecule has 1 aliphatic rings. The fourth-order valence-electron chi connectivity index (χ4n) is 3.15. The van der Waals surface area contributed by atoms with Crippen LogP contribution < -0.4 is 5.32 Å². The van der Waals surface area contributed by atoms with E-state index in [1.54, 1.807) is 30.3 Å². The fraction of sp³-hybridized carbons (Fsp3) is 0.333. The van der Waals surface area contributed by atoms with Crippen LogP contribution in [0.2, 0.25) is 0 Å². The molecule has 2 aromatic rings. The summed E-state index contributed by atoms with van der Waals surface area (Å²) in [4.78, 5) is 42.6. The molecule has 1 saturated heterocycles. The number of benzene rings is 1. The topological polar surface area (TPSA) is 88.6 Å². The highest BCUT2D eigenvalue weighted by molar-refractivity contribution is 6.05. The van der Waals surface area contributed by atoms with Gasteiger partial charge in [0.2, 0.25) is 0 Å². The molecule has 1 fully saturated rings. The molecular weight excluding hydrogens is 358 g/mol. The molecule has 0 radical (unpaired) electrons. The molecule has 7 heteroatoms. The first kappa shape index (κ1) is 19.5. The molecule has 28 heavy (non-hydrogen) atoms. The van der Waals surface area contributed by atoms with E-state index < -0.39 is 11.9 Å². The van der Waals surface area contributed by atoms with Gasteiger partial charge in [-0.15, -0.1) is 0 Å². The van der Waals surface area contributed by atoms with E-state index in [1.807, 2.05) is 4.90 Å². The molecule has 2 amide bonds. The van der Waals surface area contributed by atoms with Crippen LogP contribution in [-0.2, 0) is 4.74 Å². The molecule has 7 nitrogen and oxygen atoms in total. The molecule has 0 atom stereocenters. The highest BCUT2D eigenvalue weighted by Gasteiger charge is 2.19. The molecule has 2 heterocycles. The van der Waals surface area contributed by atoms with Crippen molar-refractivity contribution >= 4 is 23.5 Å². The monoisotopic (exact) mass is 381 g/mol. The second-order valence-electron chi connectivity index (χ2n) is 6.66. The number of nitrogens with zero attached hydrogens (tertiary/aromatic N) is 2. The van der Waals surface area contributed by atoms with Crippen LogP contribution in [0.1, 0.15) is 56.9 Å². The maximum atomic E-state index is 12.7. The molecular formula is C21H23N3O4. The van der Waals surface area contributed by atoms with Crippen molar-refractivity contribution in [1.82, 2.24) is 9.88 Å². The van der Waals surface area contributed by atoms with Crippen LogP contribution in [0.4, 0.5) is 5.69 Å². The lowest BCUT2D eigenvalue weighted by Crippen LogP contribution is -2.32. The Balaban J connectivity index is 1.69. The Labute approximate surface area is 163 Å². The Morgan fingerprint density at radius 2 is 1.64 bits per heavy atom. The van der Waals surface area contributed by atoms with E-state index in [9.17, 15) is 14.4 Å². The number of hydrogen-bond donors (Lipinski definition) is 1. The summed E-state index contributed by atoms with van der Waals surface area (Å²) in [6, 6.07) is 9.50. The minimum Gasteiger partial charge on any atom is -0.465 e. The summed E-state index contributed by atoms with van der Waals surface area (Å²) in [6.07, 6.45) is 5.77. The van der Waals surface area contributed by atoms with Crippen LogP contribution in [-0.4, -0.2) is 47.9 Å². The number of rotatable bonds is 4. The Morgan fingerprint density at radius 1 is 0.964 bits per heavy atom. The molecule has 0 aliphatic carbocycles. The number of ether oxygens (including phenoxy) is 1. The normalized spacial score (nSPS) is 14.1. The molecule has 0 spiro atoms. The van der Waals surface area contributed by atoms with Crippen LogP contribution in [0.25, 0.3) is 0 Å². The zero-order valence-corrected chi connectivity index (χ0v) is 15.8. The van der Waals surface area contributed by atoms with Gasteiger partial charge in [-0.1, -0.05) is 12.8 Å². The number of methoxy groups -OCH3 is 1. The first-order chi connectivity index (χ1) is 13.6. The number of anilines is 1. The van der Waals surface area contributed by atoms with E-state index in [-0.39, 0.29) is 11.6 Å². The Kier molecular flexibility index (Phi) is 6.37. The van der Waals surface area contributed by atoms with E-state index in [4.69, 9.17) is 0 Å². The van der Waals surface area contributed by atoms with Crippen molar-refractivity contribution < 1.29 is 19.1 Å². The van der Waals surface area contributed by atoms with Gasteiger partial charge in [0, 0.05) is 30.5 Å². The van der Waals surface area contributed by atoms with Crippen molar-refractivity contribution in [3.63, 3.8) is 0 Å². The maximum Gasteiger partial charge on any atom is 0.337 e. The summed E-state index contributed by atoms with van der Waals surface area (Å²) in [5, 5.41) is 2.72. The van der Waals surface area contributed by atoms with Gasteiger partial charge in [-0.25, -0.2) is 4.79 Å². The molecule has 1 aliphatic heterocycles. The number of carbonyl (C=O) groups excluding carboxylic acids is 3. The molecule has 1 N–H and O–H groups in total. The van der Waals surface area contributed by atoms with Crippen LogP contribution >= 0.6 is 0 Å². The number of esters is 1. The highest BCUT2D eigenvalue weighted by Crippen LogP contribution is 2.15. The Hall–Kier alpha value is -3.22. The first-order valence-corrected chi connectivity index (χ1v) is 9.33. The number of carbonyl (C=O) groups is 3. The van der Waals surface area contributed by atoms with E-state index in [2.05, 4.69) is 15.0 Å². The lowest BCUT2D eigenvalue weighted by atomic mass is 10.1. The molecule has 1 aromatic carbocycles. The number of nitrogens with one attached hydrogen (secondary N) is 1. The fourth-order valence-corrected chi connectivity index (χ4v) is 3.15. The van der Waals surface area contributed by atoms with Gasteiger partial charge in [0.05, 0.1) is 12.7 Å². The molecule has 1 aromatic heterocycles. The van der Waals surface area contributed by atoms with Crippen molar-refractivity contribution in [3.8, 4) is 0 Å². The highest BCUT2D eigenvalue weighted by atomic mass is 16.5. The summed E-state index contributed by atoms with van der Waals surface area (Å²) < 4.78 is 4.65. The quantitative estimate of drug-likeness (QED) is 0.822. The standard InChI is InChI=1S/C21H23N3O4/c1-28-21(27)15-6-8-17(9-7-15)23-19(25)18-14-16(10-11-22-18)20(26)24-12-4-2-3-5-13-24/h6-11,14H,2-5,12-13H2,1H3,(H,23,25). The zero-order chi connectivity index (χ0) is 19.9. The Bertz CT molecular complexity index is 856. The smallest absolute Gasteiger partial charge is 0.337 e. The second kappa shape index (κ2) is 9.12. The van der Waals surface area contributed by atoms with Crippen molar-refractivity contribution in [2.75, 3.05) is 25.5 Å². The predicted octanol–water partition coefficient (Wildman–Crippen LogP) is 3.14. The summed E-state index contributed by atoms with van der Waals surface area (Å²) in [6.45, 7) is 1.49. The van der Waals surface area contributed by atoms with Crippen molar-refractivity contribution in [3.05, 3.63) is 59.4 Å². The van der Waals surface area contributed by atoms with Gasteiger partial charge in [0.15, 0.2) is 0 Å². The lowest BCUT2D eigenvalue weighted by Gasteiger charge is -2.20. The average molecular weight is 381 g/mol. The third kappa shape index (κ3) is 4.73. The molecule has 0 saturated carbocycles. The predicted molar refractivity (Wildman–Crippen MR) is 104 cm³/mol. The average Bonchev–Trinajstić information content (AvgIpc) is 3.03. The van der Waals surface area contributed by atoms with Gasteiger partial charge in [0.1, 0.15) is 5.69 Å². The maximum absolute atomic E-state index is 12.7. The van der Waals surface area contributed by atoms with Crippen LogP contribution in [0.15, 0.2) is 42.6 Å². The lowest BCUT2D eigenvalue weighted by molar-refractivity contribution is 0.0600. The Morgan fingerprint density at radius 3 is 2.29 bits per heavy atom. The minimum atomic E-state index is -0.445. The minimum absolute atomic E-state index is 0.0687. The van der Waals surface area contributed by atoms with Crippen LogP contribution in [0.5, 0.6) is 0 Å². The third-order valence-corrected chi connectivity index (χ3v) is 4.70. The zero-order valence-electron chi connectivity index (χ0n) is 15.8. The van der Waals surface area contributed by atoms with Gasteiger partial charge in [-0.3, -0.25) is 14.6 Å². The summed E-state index contributed by atoms with van der Waals surface area (Å²) >= 11 is 0. The van der Waals surface area contributed by atoms with Crippen molar-refractivity contribution in [2.45, 2.75) is 25.7 Å². The van der Waals surface area contributed by atoms with Crippen molar-refractivity contribution in [1.29, 1.82) is 0 Å². The third-order valence-electron chi connectivity index (χ3n) is 4.70. The van der Waals surface area contributed by atoms with E-state index in [0.29, 0.717) is 16.8 Å². The molecule has 0 unspecified atom stereocenters. The van der Waals surface area contributed by atoms with Gasteiger partial charge < -0.3 is 15.0 Å². The van der Waals surface area contributed by atoms with Crippen molar-refractivity contribution in [2.24, 2.45) is 0 Å². The van der Waals surface area contributed by atoms with E-state index in [0.717, 1.165) is 38.8 Å². The number of likely N-dealkylation sites (tertiary alicyclic amines) is 1. The van der Waals surface area contributed by atoms with E-state index >= 15 is 0 Å².